The van der Waals surface area contributed by atoms with Crippen LogP contribution < -0.4 is 15.1 Å². The van der Waals surface area contributed by atoms with E-state index in [1.54, 1.807) is 30.3 Å². The van der Waals surface area contributed by atoms with Crippen LogP contribution in [-0.2, 0) is 0 Å². The average molecular weight is 542 g/mol. The standard InChI is InChI=1S/C29H17BrFNO4/c30-18-9-12-20(13-10-18)32-26(17-5-4-8-22(15-17)35-21-6-2-1-3-7-21)25-27(33)23-16-19(31)11-14-24(23)36-28(25)29(32)34/h1-16,26H. The molecule has 1 amide bonds. The molecule has 0 aliphatic carbocycles. The van der Waals surface area contributed by atoms with E-state index in [-0.39, 0.29) is 22.3 Å². The zero-order valence-corrected chi connectivity index (χ0v) is 20.2. The van der Waals surface area contributed by atoms with Crippen molar-refractivity contribution >= 4 is 38.5 Å². The van der Waals surface area contributed by atoms with Crippen LogP contribution in [0.1, 0.15) is 27.7 Å². The Hall–Kier alpha value is -4.23. The van der Waals surface area contributed by atoms with Gasteiger partial charge in [-0.05, 0) is 72.3 Å². The lowest BCUT2D eigenvalue weighted by atomic mass is 9.98. The molecule has 1 atom stereocenters. The molecule has 36 heavy (non-hydrogen) atoms. The van der Waals surface area contributed by atoms with Crippen molar-refractivity contribution in [1.82, 2.24) is 0 Å². The zero-order chi connectivity index (χ0) is 24.8. The molecule has 1 aliphatic heterocycles. The van der Waals surface area contributed by atoms with Gasteiger partial charge in [0.1, 0.15) is 22.9 Å². The van der Waals surface area contributed by atoms with Gasteiger partial charge in [0.25, 0.3) is 5.91 Å². The van der Waals surface area contributed by atoms with E-state index in [1.807, 2.05) is 48.5 Å². The first-order valence-electron chi connectivity index (χ1n) is 11.2. The number of ether oxygens (including phenoxy) is 1. The number of carbonyl (C=O) groups excluding carboxylic acids is 1. The lowest BCUT2D eigenvalue weighted by molar-refractivity contribution is 0.0971. The number of para-hydroxylation sites is 1. The van der Waals surface area contributed by atoms with E-state index in [2.05, 4.69) is 15.9 Å². The summed E-state index contributed by atoms with van der Waals surface area (Å²) in [5, 5.41) is 0.0842. The summed E-state index contributed by atoms with van der Waals surface area (Å²) in [4.78, 5) is 28.9. The minimum Gasteiger partial charge on any atom is -0.457 e. The maximum absolute atomic E-state index is 14.0. The summed E-state index contributed by atoms with van der Waals surface area (Å²) in [7, 11) is 0. The van der Waals surface area contributed by atoms with Gasteiger partial charge in [-0.2, -0.15) is 0 Å². The van der Waals surface area contributed by atoms with Crippen LogP contribution in [-0.4, -0.2) is 5.91 Å². The smallest absolute Gasteiger partial charge is 0.295 e. The third-order valence-corrected chi connectivity index (χ3v) is 6.62. The molecular weight excluding hydrogens is 525 g/mol. The number of halogens is 2. The van der Waals surface area contributed by atoms with Crippen LogP contribution in [0.2, 0.25) is 0 Å². The lowest BCUT2D eigenvalue weighted by Gasteiger charge is -2.25. The molecule has 4 aromatic carbocycles. The van der Waals surface area contributed by atoms with Crippen LogP contribution in [0.3, 0.4) is 0 Å². The zero-order valence-electron chi connectivity index (χ0n) is 18.7. The Morgan fingerprint density at radius 1 is 0.833 bits per heavy atom. The number of fused-ring (bicyclic) bond motifs is 2. The fraction of sp³-hybridized carbons (Fsp3) is 0.0345. The summed E-state index contributed by atoms with van der Waals surface area (Å²) < 4.78 is 26.8. The molecule has 0 saturated carbocycles. The lowest BCUT2D eigenvalue weighted by Crippen LogP contribution is -2.29. The molecule has 0 spiro atoms. The maximum Gasteiger partial charge on any atom is 0.295 e. The minimum atomic E-state index is -0.795. The molecule has 1 aromatic heterocycles. The van der Waals surface area contributed by atoms with Crippen LogP contribution in [0.25, 0.3) is 11.0 Å². The Morgan fingerprint density at radius 2 is 1.58 bits per heavy atom. The van der Waals surface area contributed by atoms with Gasteiger partial charge in [0, 0.05) is 10.2 Å². The number of anilines is 1. The molecule has 1 aliphatic rings. The molecule has 0 radical (unpaired) electrons. The third kappa shape index (κ3) is 3.78. The quantitative estimate of drug-likeness (QED) is 0.240. The van der Waals surface area contributed by atoms with Crippen molar-refractivity contribution in [2.45, 2.75) is 6.04 Å². The van der Waals surface area contributed by atoms with Gasteiger partial charge in [0.05, 0.1) is 17.0 Å². The van der Waals surface area contributed by atoms with E-state index in [1.165, 1.54) is 17.0 Å². The summed E-state index contributed by atoms with van der Waals surface area (Å²) in [5.41, 5.74) is 1.12. The summed E-state index contributed by atoms with van der Waals surface area (Å²) in [6.45, 7) is 0. The Morgan fingerprint density at radius 3 is 2.36 bits per heavy atom. The van der Waals surface area contributed by atoms with Gasteiger partial charge in [-0.1, -0.05) is 46.3 Å². The van der Waals surface area contributed by atoms with Crippen LogP contribution in [0.15, 0.2) is 111 Å². The first kappa shape index (κ1) is 22.2. The minimum absolute atomic E-state index is 0.0543. The van der Waals surface area contributed by atoms with E-state index in [0.717, 1.165) is 10.5 Å². The highest BCUT2D eigenvalue weighted by Crippen LogP contribution is 2.42. The van der Waals surface area contributed by atoms with Gasteiger partial charge in [-0.3, -0.25) is 14.5 Å². The Kier molecular flexibility index (Phi) is 5.42. The molecule has 2 heterocycles. The van der Waals surface area contributed by atoms with Crippen LogP contribution in [0, 0.1) is 5.82 Å². The molecule has 0 saturated heterocycles. The second kappa shape index (κ2) is 8.77. The topological polar surface area (TPSA) is 59.8 Å². The summed E-state index contributed by atoms with van der Waals surface area (Å²) in [5.74, 6) is 0.143. The van der Waals surface area contributed by atoms with Crippen molar-refractivity contribution in [2.75, 3.05) is 4.90 Å². The molecule has 5 aromatic rings. The average Bonchev–Trinajstić information content (AvgIpc) is 3.18. The third-order valence-electron chi connectivity index (χ3n) is 6.09. The molecule has 7 heteroatoms. The van der Waals surface area contributed by atoms with Crippen molar-refractivity contribution in [1.29, 1.82) is 0 Å². The Bertz CT molecular complexity index is 1680. The van der Waals surface area contributed by atoms with Gasteiger partial charge in [-0.25, -0.2) is 4.39 Å². The van der Waals surface area contributed by atoms with Gasteiger partial charge < -0.3 is 9.15 Å². The Labute approximate surface area is 213 Å². The van der Waals surface area contributed by atoms with Gasteiger partial charge in [0.15, 0.2) is 5.43 Å². The largest absolute Gasteiger partial charge is 0.457 e. The number of rotatable bonds is 4. The first-order chi connectivity index (χ1) is 17.5. The van der Waals surface area contributed by atoms with Gasteiger partial charge >= 0.3 is 0 Å². The van der Waals surface area contributed by atoms with Crippen molar-refractivity contribution in [3.63, 3.8) is 0 Å². The maximum atomic E-state index is 14.0. The second-order valence-corrected chi connectivity index (χ2v) is 9.27. The highest BCUT2D eigenvalue weighted by atomic mass is 79.9. The van der Waals surface area contributed by atoms with E-state index in [0.29, 0.717) is 22.7 Å². The number of amides is 1. The summed E-state index contributed by atoms with van der Waals surface area (Å²) in [6.07, 6.45) is 0. The van der Waals surface area contributed by atoms with Gasteiger partial charge in [-0.15, -0.1) is 0 Å². The predicted octanol–water partition coefficient (Wildman–Crippen LogP) is 7.24. The number of benzene rings is 4. The number of carbonyl (C=O) groups is 1. The van der Waals surface area contributed by atoms with Crippen LogP contribution in [0.4, 0.5) is 10.1 Å². The van der Waals surface area contributed by atoms with E-state index in [4.69, 9.17) is 9.15 Å². The fourth-order valence-corrected chi connectivity index (χ4v) is 4.77. The number of nitrogens with zero attached hydrogens (tertiary/aromatic N) is 1. The van der Waals surface area contributed by atoms with E-state index in [9.17, 15) is 14.0 Å². The number of hydrogen-bond donors (Lipinski definition) is 0. The Balaban J connectivity index is 1.55. The van der Waals surface area contributed by atoms with Crippen LogP contribution in [0.5, 0.6) is 11.5 Å². The molecule has 0 bridgehead atoms. The first-order valence-corrected chi connectivity index (χ1v) is 12.0. The molecule has 0 fully saturated rings. The molecular formula is C29H17BrFNO4. The molecule has 1 unspecified atom stereocenters. The monoisotopic (exact) mass is 541 g/mol. The highest BCUT2D eigenvalue weighted by Gasteiger charge is 2.43. The van der Waals surface area contributed by atoms with Gasteiger partial charge in [0.2, 0.25) is 5.76 Å². The van der Waals surface area contributed by atoms with Crippen LogP contribution >= 0.6 is 15.9 Å². The highest BCUT2D eigenvalue weighted by molar-refractivity contribution is 9.10. The predicted molar refractivity (Wildman–Crippen MR) is 138 cm³/mol. The number of hydrogen-bond acceptors (Lipinski definition) is 4. The summed E-state index contributed by atoms with van der Waals surface area (Å²) >= 11 is 3.42. The SMILES string of the molecule is O=C1c2oc3ccc(F)cc3c(=O)c2C(c2cccc(Oc3ccccc3)c2)N1c1ccc(Br)cc1. The molecule has 5 nitrogen and oxygen atoms in total. The van der Waals surface area contributed by atoms with E-state index >= 15 is 0 Å². The van der Waals surface area contributed by atoms with Crippen molar-refractivity contribution < 1.29 is 18.3 Å². The molecule has 176 valence electrons. The van der Waals surface area contributed by atoms with E-state index < -0.39 is 23.2 Å². The van der Waals surface area contributed by atoms with Crippen molar-refractivity contribution in [2.24, 2.45) is 0 Å². The molecule has 0 N–H and O–H groups in total. The summed E-state index contributed by atoms with van der Waals surface area (Å²) in [6, 6.07) is 26.7. The van der Waals surface area contributed by atoms with Crippen molar-refractivity contribution in [3.8, 4) is 11.5 Å². The second-order valence-electron chi connectivity index (χ2n) is 8.36. The van der Waals surface area contributed by atoms with Crippen molar-refractivity contribution in [3.05, 3.63) is 134 Å². The fourth-order valence-electron chi connectivity index (χ4n) is 4.50. The normalized spacial score (nSPS) is 14.8. The molecule has 6 rings (SSSR count).